The summed E-state index contributed by atoms with van der Waals surface area (Å²) in [5.41, 5.74) is 3.35. The summed E-state index contributed by atoms with van der Waals surface area (Å²) in [5.74, 6) is 1.15. The number of rotatable bonds is 4. The molecule has 0 spiro atoms. The Labute approximate surface area is 200 Å². The van der Waals surface area contributed by atoms with Gasteiger partial charge in [-0.05, 0) is 60.7 Å². The molecule has 6 rings (SSSR count). The van der Waals surface area contributed by atoms with Crippen LogP contribution in [0.5, 0.6) is 11.5 Å². The third-order valence-corrected chi connectivity index (χ3v) is 7.09. The zero-order chi connectivity index (χ0) is 23.4. The summed E-state index contributed by atoms with van der Waals surface area (Å²) in [6, 6.07) is 18.5. The molecule has 34 heavy (non-hydrogen) atoms. The van der Waals surface area contributed by atoms with Gasteiger partial charge in [-0.2, -0.15) is 0 Å². The molecule has 1 aromatic heterocycles. The molecule has 0 radical (unpaired) electrons. The molecule has 2 aliphatic heterocycles. The summed E-state index contributed by atoms with van der Waals surface area (Å²) in [4.78, 5) is 30.1. The van der Waals surface area contributed by atoms with E-state index in [0.29, 0.717) is 34.6 Å². The summed E-state index contributed by atoms with van der Waals surface area (Å²) in [7, 11) is 0. The molecule has 7 heteroatoms. The van der Waals surface area contributed by atoms with Gasteiger partial charge in [0.2, 0.25) is 12.6 Å². The van der Waals surface area contributed by atoms with Gasteiger partial charge in [0.25, 0.3) is 5.91 Å². The van der Waals surface area contributed by atoms with Crippen molar-refractivity contribution in [3.63, 3.8) is 0 Å². The first-order valence-corrected chi connectivity index (χ1v) is 12.2. The number of fused-ring (bicyclic) bond motifs is 3. The Bertz CT molecular complexity index is 1510. The fraction of sp³-hybridized carbons (Fsp3) is 0.185. The number of hydrogen-bond acceptors (Lipinski definition) is 6. The molecule has 6 nitrogen and oxygen atoms in total. The SMILES string of the molecule is CSc1ccc(C2c3c(oc4ccc(C)cc4c3=O)C(=O)N2Cc2ccc3c(c2)OCO3)cc1. The Morgan fingerprint density at radius 1 is 0.971 bits per heavy atom. The van der Waals surface area contributed by atoms with Crippen molar-refractivity contribution in [3.8, 4) is 11.5 Å². The number of carbonyl (C=O) groups excluding carboxylic acids is 1. The highest BCUT2D eigenvalue weighted by Gasteiger charge is 2.42. The quantitative estimate of drug-likeness (QED) is 0.377. The average molecular weight is 472 g/mol. The van der Waals surface area contributed by atoms with Gasteiger partial charge in [-0.25, -0.2) is 0 Å². The maximum atomic E-state index is 13.7. The van der Waals surface area contributed by atoms with Crippen LogP contribution in [0.4, 0.5) is 0 Å². The number of carbonyl (C=O) groups is 1. The van der Waals surface area contributed by atoms with Crippen molar-refractivity contribution >= 4 is 28.6 Å². The van der Waals surface area contributed by atoms with E-state index in [4.69, 9.17) is 13.9 Å². The highest BCUT2D eigenvalue weighted by Crippen LogP contribution is 2.40. The lowest BCUT2D eigenvalue weighted by Gasteiger charge is -2.25. The number of nitrogens with zero attached hydrogens (tertiary/aromatic N) is 1. The van der Waals surface area contributed by atoms with E-state index >= 15 is 0 Å². The predicted octanol–water partition coefficient (Wildman–Crippen LogP) is 5.30. The first-order valence-electron chi connectivity index (χ1n) is 10.9. The van der Waals surface area contributed by atoms with Crippen LogP contribution in [0, 0.1) is 6.92 Å². The summed E-state index contributed by atoms with van der Waals surface area (Å²) >= 11 is 1.64. The van der Waals surface area contributed by atoms with Crippen molar-refractivity contribution in [2.45, 2.75) is 24.4 Å². The molecule has 0 bridgehead atoms. The van der Waals surface area contributed by atoms with Crippen molar-refractivity contribution in [1.82, 2.24) is 4.90 Å². The van der Waals surface area contributed by atoms with Crippen LogP contribution >= 0.6 is 11.8 Å². The maximum absolute atomic E-state index is 13.7. The molecule has 1 amide bonds. The number of amides is 1. The molecular formula is C27H21NO5S. The zero-order valence-electron chi connectivity index (χ0n) is 18.7. The molecule has 4 aromatic rings. The first-order chi connectivity index (χ1) is 16.5. The van der Waals surface area contributed by atoms with E-state index in [0.717, 1.165) is 21.6 Å². The molecular weight excluding hydrogens is 450 g/mol. The van der Waals surface area contributed by atoms with Crippen molar-refractivity contribution in [2.24, 2.45) is 0 Å². The molecule has 2 aliphatic rings. The van der Waals surface area contributed by atoms with Crippen LogP contribution in [0.15, 0.2) is 74.8 Å². The fourth-order valence-corrected chi connectivity index (χ4v) is 5.07. The maximum Gasteiger partial charge on any atom is 0.291 e. The Morgan fingerprint density at radius 2 is 1.76 bits per heavy atom. The monoisotopic (exact) mass is 471 g/mol. The zero-order valence-corrected chi connectivity index (χ0v) is 19.5. The third kappa shape index (κ3) is 3.27. The fourth-order valence-electron chi connectivity index (χ4n) is 4.67. The second-order valence-corrected chi connectivity index (χ2v) is 9.35. The van der Waals surface area contributed by atoms with Crippen LogP contribution in [-0.4, -0.2) is 23.9 Å². The van der Waals surface area contributed by atoms with E-state index in [1.54, 1.807) is 22.7 Å². The van der Waals surface area contributed by atoms with Gasteiger partial charge in [0.1, 0.15) is 5.58 Å². The molecule has 1 unspecified atom stereocenters. The van der Waals surface area contributed by atoms with Crippen LogP contribution in [0.1, 0.15) is 38.9 Å². The van der Waals surface area contributed by atoms with Gasteiger partial charge in [0.05, 0.1) is 17.0 Å². The van der Waals surface area contributed by atoms with Crippen molar-refractivity contribution in [3.05, 3.63) is 98.9 Å². The van der Waals surface area contributed by atoms with Gasteiger partial charge in [-0.15, -0.1) is 11.8 Å². The smallest absolute Gasteiger partial charge is 0.291 e. The Morgan fingerprint density at radius 3 is 2.56 bits per heavy atom. The molecule has 170 valence electrons. The van der Waals surface area contributed by atoms with Crippen molar-refractivity contribution in [2.75, 3.05) is 13.0 Å². The molecule has 1 atom stereocenters. The third-order valence-electron chi connectivity index (χ3n) is 6.34. The number of aryl methyl sites for hydroxylation is 1. The van der Waals surface area contributed by atoms with Crippen molar-refractivity contribution < 1.29 is 18.7 Å². The van der Waals surface area contributed by atoms with Gasteiger partial charge >= 0.3 is 0 Å². The second-order valence-electron chi connectivity index (χ2n) is 8.47. The van der Waals surface area contributed by atoms with Crippen LogP contribution in [0.25, 0.3) is 11.0 Å². The van der Waals surface area contributed by atoms with Gasteiger partial charge in [-0.1, -0.05) is 29.8 Å². The van der Waals surface area contributed by atoms with Gasteiger partial charge in [-0.3, -0.25) is 9.59 Å². The normalized spacial score (nSPS) is 16.4. The Kier molecular flexibility index (Phi) is 4.88. The predicted molar refractivity (Wildman–Crippen MR) is 130 cm³/mol. The summed E-state index contributed by atoms with van der Waals surface area (Å²) in [6.45, 7) is 2.41. The van der Waals surface area contributed by atoms with E-state index in [-0.39, 0.29) is 23.9 Å². The largest absolute Gasteiger partial charge is 0.454 e. The van der Waals surface area contributed by atoms with Crippen LogP contribution in [-0.2, 0) is 6.54 Å². The molecule has 0 aliphatic carbocycles. The van der Waals surface area contributed by atoms with Gasteiger partial charge in [0.15, 0.2) is 16.9 Å². The molecule has 0 N–H and O–H groups in total. The van der Waals surface area contributed by atoms with Gasteiger partial charge in [0, 0.05) is 11.4 Å². The van der Waals surface area contributed by atoms with Crippen LogP contribution in [0.2, 0.25) is 0 Å². The molecule has 0 saturated carbocycles. The van der Waals surface area contributed by atoms with E-state index in [9.17, 15) is 9.59 Å². The lowest BCUT2D eigenvalue weighted by molar-refractivity contribution is 0.0714. The minimum absolute atomic E-state index is 0.112. The number of benzene rings is 3. The minimum atomic E-state index is -0.551. The summed E-state index contributed by atoms with van der Waals surface area (Å²) in [6.07, 6.45) is 2.01. The summed E-state index contributed by atoms with van der Waals surface area (Å²) < 4.78 is 17.0. The molecule has 0 saturated heterocycles. The number of ether oxygens (including phenoxy) is 2. The lowest BCUT2D eigenvalue weighted by atomic mass is 9.98. The second kappa shape index (κ2) is 7.95. The van der Waals surface area contributed by atoms with E-state index in [2.05, 4.69) is 0 Å². The lowest BCUT2D eigenvalue weighted by Crippen LogP contribution is -2.29. The van der Waals surface area contributed by atoms with E-state index < -0.39 is 6.04 Å². The highest BCUT2D eigenvalue weighted by atomic mass is 32.2. The van der Waals surface area contributed by atoms with E-state index in [1.807, 2.05) is 67.8 Å². The van der Waals surface area contributed by atoms with Crippen molar-refractivity contribution in [1.29, 1.82) is 0 Å². The Balaban J connectivity index is 1.51. The number of hydrogen-bond donors (Lipinski definition) is 0. The standard InChI is InChI=1S/C27H21NO5S/c1-15-3-9-20-19(11-15)25(29)23-24(17-5-7-18(34-2)8-6-17)28(27(30)26(23)33-20)13-16-4-10-21-22(12-16)32-14-31-21/h3-12,24H,13-14H2,1-2H3. The van der Waals surface area contributed by atoms with E-state index in [1.165, 1.54) is 0 Å². The van der Waals surface area contributed by atoms with Gasteiger partial charge < -0.3 is 18.8 Å². The molecule has 3 aromatic carbocycles. The molecule has 0 fully saturated rings. The topological polar surface area (TPSA) is 69.0 Å². The highest BCUT2D eigenvalue weighted by molar-refractivity contribution is 7.98. The Hall–Kier alpha value is -3.71. The average Bonchev–Trinajstić information content (AvgIpc) is 3.43. The summed E-state index contributed by atoms with van der Waals surface area (Å²) in [5, 5.41) is 0.488. The van der Waals surface area contributed by atoms with Crippen LogP contribution < -0.4 is 14.9 Å². The molecule has 3 heterocycles. The minimum Gasteiger partial charge on any atom is -0.454 e. The first kappa shape index (κ1) is 20.9. The van der Waals surface area contributed by atoms with Crippen LogP contribution in [0.3, 0.4) is 0 Å². The number of thioether (sulfide) groups is 1.